The van der Waals surface area contributed by atoms with Crippen molar-refractivity contribution in [3.05, 3.63) is 41.4 Å². The van der Waals surface area contributed by atoms with Crippen molar-refractivity contribution in [1.82, 2.24) is 16.0 Å². The molecule has 1 atom stereocenters. The fraction of sp³-hybridized carbons (Fsp3) is 0.500. The second-order valence-electron chi connectivity index (χ2n) is 5.67. The van der Waals surface area contributed by atoms with Crippen LogP contribution in [0.5, 0.6) is 0 Å². The van der Waals surface area contributed by atoms with Gasteiger partial charge in [-0.1, -0.05) is 23.8 Å². The third kappa shape index (κ3) is 7.48. The van der Waals surface area contributed by atoms with Crippen LogP contribution in [0, 0.1) is 0 Å². The highest BCUT2D eigenvalue weighted by Gasteiger charge is 2.11. The highest BCUT2D eigenvalue weighted by atomic mass is 35.5. The highest BCUT2D eigenvalue weighted by Crippen LogP contribution is 2.17. The predicted octanol–water partition coefficient (Wildman–Crippen LogP) is 3.44. The van der Waals surface area contributed by atoms with Crippen molar-refractivity contribution >= 4 is 17.3 Å². The molecule has 0 bridgehead atoms. The van der Waals surface area contributed by atoms with Crippen LogP contribution in [0.4, 0.5) is 5.69 Å². The van der Waals surface area contributed by atoms with Crippen molar-refractivity contribution in [2.24, 2.45) is 0 Å². The summed E-state index contributed by atoms with van der Waals surface area (Å²) in [5.41, 5.74) is 8.51. The average Bonchev–Trinajstić information content (AvgIpc) is 2.42. The molecule has 4 nitrogen and oxygen atoms in total. The van der Waals surface area contributed by atoms with Crippen molar-refractivity contribution in [2.75, 3.05) is 18.9 Å². The molecule has 0 aliphatic heterocycles. The Morgan fingerprint density at radius 3 is 2.43 bits per heavy atom. The van der Waals surface area contributed by atoms with E-state index in [1.807, 2.05) is 43.2 Å². The van der Waals surface area contributed by atoms with E-state index in [0.29, 0.717) is 6.04 Å². The number of hydrazine groups is 2. The minimum Gasteiger partial charge on any atom is -0.379 e. The van der Waals surface area contributed by atoms with Crippen LogP contribution in [0.15, 0.2) is 36.4 Å². The molecule has 1 unspecified atom stereocenters. The molecular weight excluding hydrogens is 284 g/mol. The Bertz CT molecular complexity index is 430. The molecule has 0 aromatic heterocycles. The van der Waals surface area contributed by atoms with Crippen LogP contribution in [-0.2, 0) is 0 Å². The third-order valence-corrected chi connectivity index (χ3v) is 3.33. The van der Waals surface area contributed by atoms with E-state index in [-0.39, 0.29) is 6.04 Å². The summed E-state index contributed by atoms with van der Waals surface area (Å²) in [5, 5.41) is 6.28. The molecule has 0 spiro atoms. The first-order valence-corrected chi connectivity index (χ1v) is 7.66. The predicted molar refractivity (Wildman–Crippen MR) is 92.3 cm³/mol. The van der Waals surface area contributed by atoms with Crippen molar-refractivity contribution in [1.29, 1.82) is 0 Å². The molecule has 0 aliphatic carbocycles. The summed E-state index contributed by atoms with van der Waals surface area (Å²) in [6.45, 7) is 11.2. The van der Waals surface area contributed by atoms with Gasteiger partial charge >= 0.3 is 0 Å². The smallest absolute Gasteiger partial charge is 0.0481 e. The van der Waals surface area contributed by atoms with Gasteiger partial charge in [-0.05, 0) is 51.5 Å². The van der Waals surface area contributed by atoms with Crippen LogP contribution in [0.2, 0.25) is 5.02 Å². The van der Waals surface area contributed by atoms with Crippen molar-refractivity contribution in [2.45, 2.75) is 39.3 Å². The second kappa shape index (κ2) is 9.05. The molecule has 0 amide bonds. The van der Waals surface area contributed by atoms with Crippen LogP contribution in [0.25, 0.3) is 0 Å². The normalized spacial score (nSPS) is 12.7. The van der Waals surface area contributed by atoms with Crippen molar-refractivity contribution in [3.8, 4) is 0 Å². The lowest BCUT2D eigenvalue weighted by molar-refractivity contribution is 0.177. The van der Waals surface area contributed by atoms with E-state index in [1.165, 1.54) is 0 Å². The fourth-order valence-electron chi connectivity index (χ4n) is 1.81. The summed E-state index contributed by atoms with van der Waals surface area (Å²) < 4.78 is 0. The van der Waals surface area contributed by atoms with Gasteiger partial charge in [0.05, 0.1) is 0 Å². The zero-order valence-electron chi connectivity index (χ0n) is 13.4. The molecular formula is C16H27ClN4. The molecule has 5 heteroatoms. The van der Waals surface area contributed by atoms with Gasteiger partial charge in [-0.15, -0.1) is 0 Å². The lowest BCUT2D eigenvalue weighted by Gasteiger charge is -2.25. The summed E-state index contributed by atoms with van der Waals surface area (Å²) in [4.78, 5) is 0. The van der Waals surface area contributed by atoms with Crippen LogP contribution >= 0.6 is 11.6 Å². The van der Waals surface area contributed by atoms with Gasteiger partial charge in [0, 0.05) is 36.4 Å². The molecule has 0 heterocycles. The number of halogens is 1. The average molecular weight is 311 g/mol. The maximum atomic E-state index is 5.91. The molecule has 1 aromatic carbocycles. The Balaban J connectivity index is 2.46. The van der Waals surface area contributed by atoms with Gasteiger partial charge in [-0.2, -0.15) is 5.53 Å². The van der Waals surface area contributed by atoms with Gasteiger partial charge in [0.1, 0.15) is 0 Å². The molecule has 0 fully saturated rings. The first-order chi connectivity index (χ1) is 9.88. The van der Waals surface area contributed by atoms with Crippen molar-refractivity contribution in [3.63, 3.8) is 0 Å². The Hall–Kier alpha value is -1.07. The highest BCUT2D eigenvalue weighted by molar-refractivity contribution is 6.30. The second-order valence-corrected chi connectivity index (χ2v) is 6.11. The van der Waals surface area contributed by atoms with Crippen LogP contribution in [0.1, 0.15) is 27.2 Å². The minimum absolute atomic E-state index is 0.231. The summed E-state index contributed by atoms with van der Waals surface area (Å²) in [5.74, 6) is 0. The Kier molecular flexibility index (Phi) is 7.75. The molecule has 3 N–H and O–H groups in total. The molecule has 1 aromatic rings. The zero-order valence-corrected chi connectivity index (χ0v) is 14.2. The zero-order chi connectivity index (χ0) is 15.8. The Morgan fingerprint density at radius 1 is 1.29 bits per heavy atom. The Morgan fingerprint density at radius 2 is 1.90 bits per heavy atom. The SMILES string of the molecule is C=C(C)C(CCN(C)NNC(C)C)Nc1ccc(Cl)cc1. The first-order valence-electron chi connectivity index (χ1n) is 7.28. The summed E-state index contributed by atoms with van der Waals surface area (Å²) >= 11 is 5.91. The summed E-state index contributed by atoms with van der Waals surface area (Å²) in [6.07, 6.45) is 0.960. The molecule has 21 heavy (non-hydrogen) atoms. The Labute approximate surface area is 133 Å². The standard InChI is InChI=1S/C16H27ClN4/c1-12(2)16(10-11-21(5)20-19-13(3)4)18-15-8-6-14(17)7-9-15/h6-9,13,16,18-20H,1,10-11H2,2-5H3. The molecule has 0 radical (unpaired) electrons. The fourth-order valence-corrected chi connectivity index (χ4v) is 1.93. The van der Waals surface area contributed by atoms with Crippen molar-refractivity contribution < 1.29 is 0 Å². The monoisotopic (exact) mass is 310 g/mol. The van der Waals surface area contributed by atoms with E-state index in [0.717, 1.165) is 29.2 Å². The molecule has 0 aliphatic rings. The maximum absolute atomic E-state index is 5.91. The van der Waals surface area contributed by atoms with E-state index in [9.17, 15) is 0 Å². The van der Waals surface area contributed by atoms with Crippen LogP contribution in [-0.4, -0.2) is 30.7 Å². The number of nitrogens with zero attached hydrogens (tertiary/aromatic N) is 1. The number of anilines is 1. The lowest BCUT2D eigenvalue weighted by Crippen LogP contribution is -2.48. The molecule has 0 saturated heterocycles. The van der Waals surface area contributed by atoms with Gasteiger partial charge in [0.2, 0.25) is 0 Å². The van der Waals surface area contributed by atoms with Gasteiger partial charge < -0.3 is 5.32 Å². The van der Waals surface area contributed by atoms with Crippen LogP contribution < -0.4 is 16.3 Å². The topological polar surface area (TPSA) is 39.3 Å². The lowest BCUT2D eigenvalue weighted by atomic mass is 10.1. The number of benzene rings is 1. The largest absolute Gasteiger partial charge is 0.379 e. The minimum atomic E-state index is 0.231. The van der Waals surface area contributed by atoms with E-state index >= 15 is 0 Å². The van der Waals surface area contributed by atoms with Gasteiger partial charge in [-0.3, -0.25) is 0 Å². The maximum Gasteiger partial charge on any atom is 0.0481 e. The summed E-state index contributed by atoms with van der Waals surface area (Å²) in [7, 11) is 2.02. The van der Waals surface area contributed by atoms with E-state index < -0.39 is 0 Å². The van der Waals surface area contributed by atoms with Gasteiger partial charge in [-0.25, -0.2) is 10.4 Å². The molecule has 118 valence electrons. The number of rotatable bonds is 9. The summed E-state index contributed by atoms with van der Waals surface area (Å²) in [6, 6.07) is 8.38. The van der Waals surface area contributed by atoms with Crippen LogP contribution in [0.3, 0.4) is 0 Å². The van der Waals surface area contributed by atoms with Gasteiger partial charge in [0.15, 0.2) is 0 Å². The third-order valence-electron chi connectivity index (χ3n) is 3.08. The van der Waals surface area contributed by atoms with E-state index in [4.69, 9.17) is 11.6 Å². The van der Waals surface area contributed by atoms with E-state index in [2.05, 4.69) is 36.7 Å². The number of nitrogens with one attached hydrogen (secondary N) is 3. The number of hydrogen-bond acceptors (Lipinski definition) is 4. The quantitative estimate of drug-likeness (QED) is 0.483. The van der Waals surface area contributed by atoms with Gasteiger partial charge in [0.25, 0.3) is 0 Å². The first kappa shape index (κ1) is 18.0. The number of hydrogen-bond donors (Lipinski definition) is 3. The van der Waals surface area contributed by atoms with E-state index in [1.54, 1.807) is 0 Å². The molecule has 0 saturated carbocycles. The molecule has 1 rings (SSSR count).